The Bertz CT molecular complexity index is 1280. The number of hydrogen-bond acceptors (Lipinski definition) is 11. The second-order valence-corrected chi connectivity index (χ2v) is 12.9. The molecule has 2 aromatic carbocycles. The van der Waals surface area contributed by atoms with E-state index in [2.05, 4.69) is 13.8 Å². The third-order valence-corrected chi connectivity index (χ3v) is 8.36. The number of carbonyl (C=O) groups is 3. The molecule has 0 aliphatic carbocycles. The minimum atomic E-state index is -1.10. The molecule has 0 aromatic heterocycles. The molecule has 0 spiro atoms. The fourth-order valence-electron chi connectivity index (χ4n) is 5.56. The van der Waals surface area contributed by atoms with Crippen molar-refractivity contribution < 1.29 is 47.9 Å². The first-order chi connectivity index (χ1) is 25.8. The van der Waals surface area contributed by atoms with Gasteiger partial charge in [0.2, 0.25) is 0 Å². The van der Waals surface area contributed by atoms with Gasteiger partial charge in [-0.3, -0.25) is 14.4 Å². The third kappa shape index (κ3) is 21.3. The summed E-state index contributed by atoms with van der Waals surface area (Å²) in [7, 11) is 1.79. The Morgan fingerprint density at radius 1 is 0.528 bits per heavy atom. The molecule has 0 aliphatic heterocycles. The SMILES string of the molecule is CCCCCCCCOCCOC(=O)CN(C)c1ccccc1OCCOc1ccccc1N(CC(=O)O)CC(=O)OCCOCCCCCCCC. The summed E-state index contributed by atoms with van der Waals surface area (Å²) in [6.45, 7) is 6.31. The van der Waals surface area contributed by atoms with Crippen molar-refractivity contribution in [2.75, 3.05) is 89.3 Å². The summed E-state index contributed by atoms with van der Waals surface area (Å²) in [5, 5.41) is 9.58. The molecule has 0 saturated heterocycles. The van der Waals surface area contributed by atoms with Crippen molar-refractivity contribution in [3.63, 3.8) is 0 Å². The second-order valence-electron chi connectivity index (χ2n) is 12.9. The van der Waals surface area contributed by atoms with Crippen LogP contribution < -0.4 is 19.3 Å². The van der Waals surface area contributed by atoms with Crippen LogP contribution in [-0.4, -0.2) is 103 Å². The number of esters is 2. The van der Waals surface area contributed by atoms with Crippen LogP contribution in [-0.2, 0) is 33.3 Å². The number of likely N-dealkylation sites (N-methyl/N-ethyl adjacent to an activating group) is 1. The van der Waals surface area contributed by atoms with Crippen LogP contribution in [0.4, 0.5) is 11.4 Å². The molecule has 1 N–H and O–H groups in total. The van der Waals surface area contributed by atoms with Crippen LogP contribution in [0.2, 0.25) is 0 Å². The lowest BCUT2D eigenvalue weighted by Gasteiger charge is -2.24. The Morgan fingerprint density at radius 3 is 1.51 bits per heavy atom. The highest BCUT2D eigenvalue weighted by molar-refractivity contribution is 5.82. The van der Waals surface area contributed by atoms with E-state index < -0.39 is 18.5 Å². The topological polar surface area (TPSA) is 133 Å². The largest absolute Gasteiger partial charge is 0.488 e. The highest BCUT2D eigenvalue weighted by atomic mass is 16.6. The molecule has 0 saturated carbocycles. The molecule has 0 aliphatic rings. The molecule has 0 fully saturated rings. The Morgan fingerprint density at radius 2 is 0.981 bits per heavy atom. The first-order valence-electron chi connectivity index (χ1n) is 19.4. The molecule has 0 bridgehead atoms. The van der Waals surface area contributed by atoms with Gasteiger partial charge in [0.05, 0.1) is 24.6 Å². The fraction of sp³-hybridized carbons (Fsp3) is 0.634. The Hall–Kier alpha value is -4.03. The van der Waals surface area contributed by atoms with Crippen LogP contribution in [0.5, 0.6) is 11.5 Å². The molecule has 0 atom stereocenters. The minimum Gasteiger partial charge on any atom is -0.488 e. The number of aliphatic carboxylic acids is 1. The Labute approximate surface area is 317 Å². The number of ether oxygens (including phenoxy) is 6. The first kappa shape index (κ1) is 45.1. The van der Waals surface area contributed by atoms with E-state index in [1.165, 1.54) is 56.3 Å². The van der Waals surface area contributed by atoms with E-state index in [9.17, 15) is 19.5 Å². The number of benzene rings is 2. The zero-order valence-electron chi connectivity index (χ0n) is 32.4. The molecule has 2 aromatic rings. The summed E-state index contributed by atoms with van der Waals surface area (Å²) in [6, 6.07) is 14.3. The summed E-state index contributed by atoms with van der Waals surface area (Å²) in [4.78, 5) is 40.0. The third-order valence-electron chi connectivity index (χ3n) is 8.36. The molecular formula is C41H64N2O10. The van der Waals surface area contributed by atoms with Crippen molar-refractivity contribution in [2.24, 2.45) is 0 Å². The maximum atomic E-state index is 12.6. The summed E-state index contributed by atoms with van der Waals surface area (Å²) in [5.41, 5.74) is 1.15. The molecular weight excluding hydrogens is 680 g/mol. The van der Waals surface area contributed by atoms with E-state index in [-0.39, 0.29) is 52.1 Å². The van der Waals surface area contributed by atoms with Gasteiger partial charge in [-0.25, -0.2) is 0 Å². The van der Waals surface area contributed by atoms with E-state index in [1.54, 1.807) is 42.3 Å². The standard InChI is InChI=1S/C41H64N2O10/c1-4-6-8-10-12-18-24-48-26-28-52-40(46)33-42(3)35-20-14-16-22-37(35)50-30-31-51-38-23-17-15-21-36(38)43(32-39(44)45)34-41(47)53-29-27-49-25-19-13-11-9-7-5-2/h14-17,20-23H,4-13,18-19,24-34H2,1-3H3,(H,44,45). The number of anilines is 2. The lowest BCUT2D eigenvalue weighted by Crippen LogP contribution is -2.36. The maximum Gasteiger partial charge on any atom is 0.325 e. The summed E-state index contributed by atoms with van der Waals surface area (Å²) >= 11 is 0. The minimum absolute atomic E-state index is 0.0374. The lowest BCUT2D eigenvalue weighted by molar-refractivity contribution is -0.144. The molecule has 53 heavy (non-hydrogen) atoms. The summed E-state index contributed by atoms with van der Waals surface area (Å²) < 4.78 is 33.9. The number of carboxylic acids is 1. The van der Waals surface area contributed by atoms with Gasteiger partial charge in [-0.05, 0) is 37.1 Å². The molecule has 12 nitrogen and oxygen atoms in total. The zero-order valence-corrected chi connectivity index (χ0v) is 32.4. The number of hydrogen-bond donors (Lipinski definition) is 1. The predicted molar refractivity (Wildman–Crippen MR) is 207 cm³/mol. The number of carbonyl (C=O) groups excluding carboxylic acids is 2. The van der Waals surface area contributed by atoms with Gasteiger partial charge < -0.3 is 43.3 Å². The van der Waals surface area contributed by atoms with E-state index in [0.717, 1.165) is 25.7 Å². The predicted octanol–water partition coefficient (Wildman–Crippen LogP) is 7.31. The summed E-state index contributed by atoms with van der Waals surface area (Å²) in [6.07, 6.45) is 14.2. The van der Waals surface area contributed by atoms with E-state index in [4.69, 9.17) is 28.4 Å². The van der Waals surface area contributed by atoms with Gasteiger partial charge in [0.1, 0.15) is 57.6 Å². The number of para-hydroxylation sites is 4. The molecule has 12 heteroatoms. The fourth-order valence-corrected chi connectivity index (χ4v) is 5.56. The highest BCUT2D eigenvalue weighted by Gasteiger charge is 2.20. The lowest BCUT2D eigenvalue weighted by atomic mass is 10.1. The number of rotatable bonds is 33. The van der Waals surface area contributed by atoms with E-state index >= 15 is 0 Å². The van der Waals surface area contributed by atoms with E-state index in [0.29, 0.717) is 42.7 Å². The number of nitrogens with zero attached hydrogens (tertiary/aromatic N) is 2. The van der Waals surface area contributed by atoms with Crippen LogP contribution in [0.1, 0.15) is 90.9 Å². The molecule has 0 heterocycles. The van der Waals surface area contributed by atoms with Gasteiger partial charge >= 0.3 is 17.9 Å². The van der Waals surface area contributed by atoms with Gasteiger partial charge in [0.25, 0.3) is 0 Å². The molecule has 0 amide bonds. The van der Waals surface area contributed by atoms with Crippen molar-refractivity contribution in [1.82, 2.24) is 0 Å². The van der Waals surface area contributed by atoms with Gasteiger partial charge in [0, 0.05) is 20.3 Å². The first-order valence-corrected chi connectivity index (χ1v) is 19.4. The van der Waals surface area contributed by atoms with Crippen molar-refractivity contribution >= 4 is 29.3 Å². The number of unbranched alkanes of at least 4 members (excludes halogenated alkanes) is 10. The van der Waals surface area contributed by atoms with Crippen LogP contribution >= 0.6 is 0 Å². The van der Waals surface area contributed by atoms with Gasteiger partial charge in [-0.15, -0.1) is 0 Å². The summed E-state index contributed by atoms with van der Waals surface area (Å²) in [5.74, 6) is -1.06. The van der Waals surface area contributed by atoms with Gasteiger partial charge in [-0.2, -0.15) is 0 Å². The zero-order chi connectivity index (χ0) is 38.4. The smallest absolute Gasteiger partial charge is 0.325 e. The van der Waals surface area contributed by atoms with Crippen molar-refractivity contribution in [2.45, 2.75) is 90.9 Å². The average Bonchev–Trinajstić information content (AvgIpc) is 3.14. The Kier molecular flexibility index (Phi) is 25.1. The van der Waals surface area contributed by atoms with Crippen LogP contribution in [0.3, 0.4) is 0 Å². The maximum absolute atomic E-state index is 12.6. The molecule has 298 valence electrons. The normalized spacial score (nSPS) is 10.8. The van der Waals surface area contributed by atoms with Crippen LogP contribution in [0, 0.1) is 0 Å². The quantitative estimate of drug-likeness (QED) is 0.0580. The molecule has 0 unspecified atom stereocenters. The van der Waals surface area contributed by atoms with Crippen molar-refractivity contribution in [3.05, 3.63) is 48.5 Å². The molecule has 0 radical (unpaired) electrons. The van der Waals surface area contributed by atoms with Crippen molar-refractivity contribution in [3.8, 4) is 11.5 Å². The van der Waals surface area contributed by atoms with Gasteiger partial charge in [-0.1, -0.05) is 102 Å². The van der Waals surface area contributed by atoms with Gasteiger partial charge in [0.15, 0.2) is 0 Å². The van der Waals surface area contributed by atoms with Crippen molar-refractivity contribution in [1.29, 1.82) is 0 Å². The average molecular weight is 745 g/mol. The highest BCUT2D eigenvalue weighted by Crippen LogP contribution is 2.29. The van der Waals surface area contributed by atoms with Crippen LogP contribution in [0.25, 0.3) is 0 Å². The monoisotopic (exact) mass is 744 g/mol. The molecule has 2 rings (SSSR count). The second kappa shape index (κ2) is 29.4. The number of carboxylic acid groups (broad SMARTS) is 1. The van der Waals surface area contributed by atoms with Crippen LogP contribution in [0.15, 0.2) is 48.5 Å². The van der Waals surface area contributed by atoms with E-state index in [1.807, 2.05) is 18.2 Å². The Balaban J connectivity index is 1.78.